The summed E-state index contributed by atoms with van der Waals surface area (Å²) in [5.41, 5.74) is 5.40. The Kier molecular flexibility index (Phi) is 6.50. The Labute approximate surface area is 150 Å². The molecule has 0 saturated carbocycles. The van der Waals surface area contributed by atoms with E-state index < -0.39 is 17.8 Å². The molecule has 7 heteroatoms. The lowest BCUT2D eigenvalue weighted by molar-refractivity contribution is 0.0600. The first kappa shape index (κ1) is 18.7. The van der Waals surface area contributed by atoms with Crippen molar-refractivity contribution >= 4 is 17.8 Å². The molecule has 2 amide bonds. The average Bonchev–Trinajstić information content (AvgIpc) is 2.70. The number of rotatable bonds is 6. The average molecular weight is 354 g/mol. The number of carbonyl (C=O) groups excluding carboxylic acids is 3. The largest absolute Gasteiger partial charge is 0.490 e. The first-order valence-electron chi connectivity index (χ1n) is 7.68. The number of hydrogen-bond acceptors (Lipinski definition) is 5. The van der Waals surface area contributed by atoms with Crippen LogP contribution in [-0.2, 0) is 4.74 Å². The number of esters is 1. The van der Waals surface area contributed by atoms with Gasteiger partial charge in [0.1, 0.15) is 12.4 Å². The van der Waals surface area contributed by atoms with Gasteiger partial charge in [-0.3, -0.25) is 20.4 Å². The Hall–Kier alpha value is -3.61. The lowest BCUT2D eigenvalue weighted by atomic mass is 10.1. The van der Waals surface area contributed by atoms with Gasteiger partial charge in [0.15, 0.2) is 0 Å². The summed E-state index contributed by atoms with van der Waals surface area (Å²) in [6.45, 7) is 3.92. The fourth-order valence-corrected chi connectivity index (χ4v) is 2.02. The SMILES string of the molecule is C=CCOc1ccc(C(=O)NNC(=O)c2cccc(C(=O)OC)c2)cc1. The van der Waals surface area contributed by atoms with Gasteiger partial charge in [-0.1, -0.05) is 18.7 Å². The molecule has 0 spiro atoms. The summed E-state index contributed by atoms with van der Waals surface area (Å²) in [5.74, 6) is -1.000. The third-order valence-electron chi connectivity index (χ3n) is 3.32. The number of carbonyl (C=O) groups is 3. The van der Waals surface area contributed by atoms with Crippen LogP contribution in [0, 0.1) is 0 Å². The molecular weight excluding hydrogens is 336 g/mol. The van der Waals surface area contributed by atoms with Crippen LogP contribution in [0.5, 0.6) is 5.75 Å². The molecule has 0 aliphatic heterocycles. The van der Waals surface area contributed by atoms with Crippen LogP contribution >= 0.6 is 0 Å². The Morgan fingerprint density at radius 2 is 1.58 bits per heavy atom. The number of methoxy groups -OCH3 is 1. The maximum atomic E-state index is 12.1. The second-order valence-corrected chi connectivity index (χ2v) is 5.10. The quantitative estimate of drug-likeness (QED) is 0.471. The zero-order valence-corrected chi connectivity index (χ0v) is 14.2. The zero-order chi connectivity index (χ0) is 18.9. The highest BCUT2D eigenvalue weighted by Crippen LogP contribution is 2.12. The van der Waals surface area contributed by atoms with Crippen molar-refractivity contribution in [1.82, 2.24) is 10.9 Å². The molecule has 7 nitrogen and oxygen atoms in total. The van der Waals surface area contributed by atoms with Gasteiger partial charge in [0, 0.05) is 11.1 Å². The lowest BCUT2D eigenvalue weighted by Gasteiger charge is -2.09. The fourth-order valence-electron chi connectivity index (χ4n) is 2.02. The molecule has 26 heavy (non-hydrogen) atoms. The minimum atomic E-state index is -0.560. The van der Waals surface area contributed by atoms with E-state index in [1.54, 1.807) is 36.4 Å². The van der Waals surface area contributed by atoms with Crippen LogP contribution in [0.25, 0.3) is 0 Å². The van der Waals surface area contributed by atoms with Crippen molar-refractivity contribution in [3.63, 3.8) is 0 Å². The van der Waals surface area contributed by atoms with Gasteiger partial charge in [-0.15, -0.1) is 0 Å². The minimum Gasteiger partial charge on any atom is -0.490 e. The first-order chi connectivity index (χ1) is 12.5. The summed E-state index contributed by atoms with van der Waals surface area (Å²) in [4.78, 5) is 35.7. The molecule has 0 heterocycles. The third-order valence-corrected chi connectivity index (χ3v) is 3.32. The van der Waals surface area contributed by atoms with Crippen molar-refractivity contribution in [3.05, 3.63) is 77.9 Å². The van der Waals surface area contributed by atoms with Crippen molar-refractivity contribution in [2.45, 2.75) is 0 Å². The number of hydrazine groups is 1. The molecule has 2 aromatic rings. The number of ether oxygens (including phenoxy) is 2. The van der Waals surface area contributed by atoms with Crippen LogP contribution in [0.1, 0.15) is 31.1 Å². The van der Waals surface area contributed by atoms with Crippen molar-refractivity contribution < 1.29 is 23.9 Å². The van der Waals surface area contributed by atoms with E-state index >= 15 is 0 Å². The van der Waals surface area contributed by atoms with Gasteiger partial charge >= 0.3 is 5.97 Å². The third kappa shape index (κ3) is 4.94. The van der Waals surface area contributed by atoms with Crippen molar-refractivity contribution in [2.24, 2.45) is 0 Å². The van der Waals surface area contributed by atoms with E-state index in [-0.39, 0.29) is 11.1 Å². The van der Waals surface area contributed by atoms with E-state index in [1.165, 1.54) is 25.3 Å². The van der Waals surface area contributed by atoms with Gasteiger partial charge in [0.05, 0.1) is 12.7 Å². The lowest BCUT2D eigenvalue weighted by Crippen LogP contribution is -2.41. The Morgan fingerprint density at radius 3 is 2.19 bits per heavy atom. The summed E-state index contributed by atoms with van der Waals surface area (Å²) in [7, 11) is 1.25. The summed E-state index contributed by atoms with van der Waals surface area (Å²) >= 11 is 0. The first-order valence-corrected chi connectivity index (χ1v) is 7.68. The molecule has 2 N–H and O–H groups in total. The maximum Gasteiger partial charge on any atom is 0.337 e. The molecular formula is C19H18N2O5. The monoisotopic (exact) mass is 354 g/mol. The minimum absolute atomic E-state index is 0.210. The van der Waals surface area contributed by atoms with Gasteiger partial charge in [-0.2, -0.15) is 0 Å². The molecule has 0 fully saturated rings. The number of nitrogens with one attached hydrogen (secondary N) is 2. The molecule has 0 aliphatic carbocycles. The van der Waals surface area contributed by atoms with E-state index in [4.69, 9.17) is 4.74 Å². The van der Waals surface area contributed by atoms with Crippen LogP contribution in [0.15, 0.2) is 61.2 Å². The molecule has 0 radical (unpaired) electrons. The normalized spacial score (nSPS) is 9.73. The van der Waals surface area contributed by atoms with Gasteiger partial charge in [0.2, 0.25) is 0 Å². The topological polar surface area (TPSA) is 93.7 Å². The second kappa shape index (κ2) is 9.03. The van der Waals surface area contributed by atoms with Crippen LogP contribution < -0.4 is 15.6 Å². The molecule has 0 atom stereocenters. The Balaban J connectivity index is 1.95. The fraction of sp³-hybridized carbons (Fsp3) is 0.105. The van der Waals surface area contributed by atoms with E-state index in [0.717, 1.165) is 0 Å². The van der Waals surface area contributed by atoms with Crippen LogP contribution in [-0.4, -0.2) is 31.5 Å². The van der Waals surface area contributed by atoms with Crippen LogP contribution in [0.2, 0.25) is 0 Å². The highest BCUT2D eigenvalue weighted by atomic mass is 16.5. The molecule has 0 aromatic heterocycles. The highest BCUT2D eigenvalue weighted by Gasteiger charge is 2.12. The summed E-state index contributed by atoms with van der Waals surface area (Å²) in [5, 5.41) is 0. The molecule has 0 saturated heterocycles. The highest BCUT2D eigenvalue weighted by molar-refractivity contribution is 6.00. The van der Waals surface area contributed by atoms with Crippen LogP contribution in [0.3, 0.4) is 0 Å². The van der Waals surface area contributed by atoms with E-state index in [0.29, 0.717) is 17.9 Å². The maximum absolute atomic E-state index is 12.1. The van der Waals surface area contributed by atoms with Crippen LogP contribution in [0.4, 0.5) is 0 Å². The van der Waals surface area contributed by atoms with E-state index in [2.05, 4.69) is 22.2 Å². The summed E-state index contributed by atoms with van der Waals surface area (Å²) < 4.78 is 9.93. The number of amides is 2. The molecule has 0 aliphatic rings. The Morgan fingerprint density at radius 1 is 0.962 bits per heavy atom. The van der Waals surface area contributed by atoms with Gasteiger partial charge in [-0.25, -0.2) is 4.79 Å². The standard InChI is InChI=1S/C19H18N2O5/c1-3-11-26-16-9-7-13(8-10-16)17(22)20-21-18(23)14-5-4-6-15(12-14)19(24)25-2/h3-10,12H,1,11H2,2H3,(H,20,22)(H,21,23). The Bertz CT molecular complexity index is 815. The van der Waals surface area contributed by atoms with Gasteiger partial charge in [0.25, 0.3) is 11.8 Å². The zero-order valence-electron chi connectivity index (χ0n) is 14.2. The van der Waals surface area contributed by atoms with E-state index in [1.807, 2.05) is 0 Å². The molecule has 2 rings (SSSR count). The van der Waals surface area contributed by atoms with E-state index in [9.17, 15) is 14.4 Å². The van der Waals surface area contributed by atoms with Crippen molar-refractivity contribution in [1.29, 1.82) is 0 Å². The second-order valence-electron chi connectivity index (χ2n) is 5.10. The summed E-state index contributed by atoms with van der Waals surface area (Å²) in [6.07, 6.45) is 1.62. The molecule has 2 aromatic carbocycles. The van der Waals surface area contributed by atoms with Gasteiger partial charge in [-0.05, 0) is 42.5 Å². The smallest absolute Gasteiger partial charge is 0.337 e. The molecule has 0 bridgehead atoms. The van der Waals surface area contributed by atoms with Gasteiger partial charge < -0.3 is 9.47 Å². The summed E-state index contributed by atoms with van der Waals surface area (Å²) in [6, 6.07) is 12.4. The molecule has 0 unspecified atom stereocenters. The predicted molar refractivity (Wildman–Crippen MR) is 94.8 cm³/mol. The van der Waals surface area contributed by atoms with Crippen molar-refractivity contribution in [3.8, 4) is 5.75 Å². The number of benzene rings is 2. The number of hydrogen-bond donors (Lipinski definition) is 2. The van der Waals surface area contributed by atoms with Crippen molar-refractivity contribution in [2.75, 3.05) is 13.7 Å². The molecule has 134 valence electrons. The predicted octanol–water partition coefficient (Wildman–Crippen LogP) is 2.11.